The van der Waals surface area contributed by atoms with Gasteiger partial charge in [0.15, 0.2) is 0 Å². The van der Waals surface area contributed by atoms with E-state index in [1.165, 1.54) is 11.1 Å². The third-order valence-corrected chi connectivity index (χ3v) is 2.81. The van der Waals surface area contributed by atoms with Crippen molar-refractivity contribution >= 4 is 5.69 Å². The van der Waals surface area contributed by atoms with Crippen LogP contribution in [0.3, 0.4) is 0 Å². The maximum Gasteiger partial charge on any atom is 0.0553 e. The largest absolute Gasteiger partial charge is 0.398 e. The highest BCUT2D eigenvalue weighted by atomic mass is 16.5. The molecule has 0 fully saturated rings. The van der Waals surface area contributed by atoms with Gasteiger partial charge in [-0.3, -0.25) is 0 Å². The molecule has 2 nitrogen and oxygen atoms in total. The van der Waals surface area contributed by atoms with Gasteiger partial charge in [-0.15, -0.1) is 0 Å². The van der Waals surface area contributed by atoms with E-state index in [1.54, 1.807) is 7.11 Å². The molecular weight excluding hydrogens is 186 g/mol. The lowest BCUT2D eigenvalue weighted by atomic mass is 9.84. The monoisotopic (exact) mass is 207 g/mol. The first-order valence-electron chi connectivity index (χ1n) is 5.39. The second-order valence-electron chi connectivity index (χ2n) is 4.58. The Kier molecular flexibility index (Phi) is 3.75. The van der Waals surface area contributed by atoms with Gasteiger partial charge in [-0.2, -0.15) is 0 Å². The summed E-state index contributed by atoms with van der Waals surface area (Å²) in [6.07, 6.45) is 0.983. The van der Waals surface area contributed by atoms with E-state index in [0.717, 1.165) is 12.1 Å². The van der Waals surface area contributed by atoms with Crippen molar-refractivity contribution < 1.29 is 4.74 Å². The highest BCUT2D eigenvalue weighted by molar-refractivity contribution is 5.50. The van der Waals surface area contributed by atoms with Gasteiger partial charge in [0.25, 0.3) is 0 Å². The minimum Gasteiger partial charge on any atom is -0.398 e. The smallest absolute Gasteiger partial charge is 0.0553 e. The van der Waals surface area contributed by atoms with Gasteiger partial charge >= 0.3 is 0 Å². The normalized spacial score (nSPS) is 11.7. The second-order valence-corrected chi connectivity index (χ2v) is 4.58. The molecule has 0 aliphatic heterocycles. The first-order valence-corrected chi connectivity index (χ1v) is 5.39. The standard InChI is InChI=1S/C13H21NO/c1-5-10-6-7-11(8-12(10)14)13(2,3)9-15-4/h6-8H,5,9,14H2,1-4H3. The van der Waals surface area contributed by atoms with Crippen molar-refractivity contribution in [3.63, 3.8) is 0 Å². The van der Waals surface area contributed by atoms with E-state index < -0.39 is 0 Å². The van der Waals surface area contributed by atoms with E-state index in [-0.39, 0.29) is 5.41 Å². The van der Waals surface area contributed by atoms with Crippen molar-refractivity contribution in [3.8, 4) is 0 Å². The SMILES string of the molecule is CCc1ccc(C(C)(C)COC)cc1N. The first-order chi connectivity index (χ1) is 7.01. The zero-order chi connectivity index (χ0) is 11.5. The van der Waals surface area contributed by atoms with Crippen LogP contribution < -0.4 is 5.73 Å². The fourth-order valence-corrected chi connectivity index (χ4v) is 1.78. The third-order valence-electron chi connectivity index (χ3n) is 2.81. The predicted octanol–water partition coefficient (Wildman–Crippen LogP) is 2.76. The van der Waals surface area contributed by atoms with Crippen LogP contribution in [0, 0.1) is 0 Å². The average Bonchev–Trinajstić information content (AvgIpc) is 2.17. The van der Waals surface area contributed by atoms with Gasteiger partial charge in [0.1, 0.15) is 0 Å². The number of rotatable bonds is 4. The molecule has 0 heterocycles. The summed E-state index contributed by atoms with van der Waals surface area (Å²) in [4.78, 5) is 0. The highest BCUT2D eigenvalue weighted by Gasteiger charge is 2.20. The molecule has 0 aliphatic rings. The topological polar surface area (TPSA) is 35.2 Å². The number of nitrogens with two attached hydrogens (primary N) is 1. The zero-order valence-corrected chi connectivity index (χ0v) is 10.1. The quantitative estimate of drug-likeness (QED) is 0.770. The van der Waals surface area contributed by atoms with E-state index in [4.69, 9.17) is 10.5 Å². The van der Waals surface area contributed by atoms with E-state index in [1.807, 2.05) is 0 Å². The molecule has 0 aromatic heterocycles. The van der Waals surface area contributed by atoms with Crippen molar-refractivity contribution in [3.05, 3.63) is 29.3 Å². The average molecular weight is 207 g/mol. The minimum atomic E-state index is 0.0230. The molecule has 0 amide bonds. The number of benzene rings is 1. The van der Waals surface area contributed by atoms with E-state index in [0.29, 0.717) is 6.61 Å². The molecule has 0 saturated carbocycles. The Bertz CT molecular complexity index is 331. The molecule has 84 valence electrons. The number of anilines is 1. The van der Waals surface area contributed by atoms with Gasteiger partial charge in [-0.1, -0.05) is 32.9 Å². The number of nitrogen functional groups attached to an aromatic ring is 1. The maximum atomic E-state index is 5.98. The predicted molar refractivity (Wildman–Crippen MR) is 65.1 cm³/mol. The number of aryl methyl sites for hydroxylation is 1. The number of hydrogen-bond acceptors (Lipinski definition) is 2. The summed E-state index contributed by atoms with van der Waals surface area (Å²) < 4.78 is 5.22. The summed E-state index contributed by atoms with van der Waals surface area (Å²) in [5, 5.41) is 0. The summed E-state index contributed by atoms with van der Waals surface area (Å²) in [6.45, 7) is 7.15. The van der Waals surface area contributed by atoms with Crippen molar-refractivity contribution in [2.24, 2.45) is 0 Å². The van der Waals surface area contributed by atoms with Crippen LogP contribution in [-0.4, -0.2) is 13.7 Å². The Morgan fingerprint density at radius 3 is 2.47 bits per heavy atom. The molecular formula is C13H21NO. The van der Waals surface area contributed by atoms with Crippen molar-refractivity contribution in [1.82, 2.24) is 0 Å². The van der Waals surface area contributed by atoms with Crippen LogP contribution in [0.15, 0.2) is 18.2 Å². The lowest BCUT2D eigenvalue weighted by Crippen LogP contribution is -2.23. The lowest BCUT2D eigenvalue weighted by Gasteiger charge is -2.25. The lowest BCUT2D eigenvalue weighted by molar-refractivity contribution is 0.146. The molecule has 0 atom stereocenters. The molecule has 2 N–H and O–H groups in total. The number of ether oxygens (including phenoxy) is 1. The molecule has 1 aromatic rings. The number of methoxy groups -OCH3 is 1. The van der Waals surface area contributed by atoms with E-state index >= 15 is 0 Å². The van der Waals surface area contributed by atoms with E-state index in [2.05, 4.69) is 39.0 Å². The third kappa shape index (κ3) is 2.72. The Morgan fingerprint density at radius 1 is 1.33 bits per heavy atom. The van der Waals surface area contributed by atoms with Crippen LogP contribution >= 0.6 is 0 Å². The molecule has 15 heavy (non-hydrogen) atoms. The van der Waals surface area contributed by atoms with Gasteiger partial charge in [0.05, 0.1) is 6.61 Å². The fourth-order valence-electron chi connectivity index (χ4n) is 1.78. The van der Waals surface area contributed by atoms with Crippen molar-refractivity contribution in [2.75, 3.05) is 19.5 Å². The summed E-state index contributed by atoms with van der Waals surface area (Å²) in [5.41, 5.74) is 9.35. The van der Waals surface area contributed by atoms with Crippen LogP contribution in [0.5, 0.6) is 0 Å². The summed E-state index contributed by atoms with van der Waals surface area (Å²) in [5.74, 6) is 0. The first kappa shape index (κ1) is 12.1. The van der Waals surface area contributed by atoms with Crippen LogP contribution in [0.2, 0.25) is 0 Å². The van der Waals surface area contributed by atoms with Gasteiger partial charge in [0, 0.05) is 18.2 Å². The fraction of sp³-hybridized carbons (Fsp3) is 0.538. The Balaban J connectivity index is 3.01. The summed E-state index contributed by atoms with van der Waals surface area (Å²) in [7, 11) is 1.73. The van der Waals surface area contributed by atoms with Crippen molar-refractivity contribution in [1.29, 1.82) is 0 Å². The molecule has 1 rings (SSSR count). The molecule has 0 radical (unpaired) electrons. The molecule has 0 bridgehead atoms. The zero-order valence-electron chi connectivity index (χ0n) is 10.1. The van der Waals surface area contributed by atoms with Gasteiger partial charge in [-0.25, -0.2) is 0 Å². The Morgan fingerprint density at radius 2 is 2.00 bits per heavy atom. The molecule has 0 saturated heterocycles. The van der Waals surface area contributed by atoms with Crippen LogP contribution in [0.25, 0.3) is 0 Å². The van der Waals surface area contributed by atoms with Crippen LogP contribution in [0.4, 0.5) is 5.69 Å². The number of hydrogen-bond donors (Lipinski definition) is 1. The second kappa shape index (κ2) is 4.67. The van der Waals surface area contributed by atoms with Crippen LogP contribution in [0.1, 0.15) is 31.9 Å². The molecule has 0 spiro atoms. The van der Waals surface area contributed by atoms with Gasteiger partial charge in [-0.05, 0) is 23.6 Å². The molecule has 0 aliphatic carbocycles. The van der Waals surface area contributed by atoms with Crippen molar-refractivity contribution in [2.45, 2.75) is 32.6 Å². The maximum absolute atomic E-state index is 5.98. The minimum absolute atomic E-state index is 0.0230. The van der Waals surface area contributed by atoms with Crippen LogP contribution in [-0.2, 0) is 16.6 Å². The highest BCUT2D eigenvalue weighted by Crippen LogP contribution is 2.26. The van der Waals surface area contributed by atoms with Gasteiger partial charge < -0.3 is 10.5 Å². The summed E-state index contributed by atoms with van der Waals surface area (Å²) >= 11 is 0. The Labute approximate surface area is 92.4 Å². The van der Waals surface area contributed by atoms with E-state index in [9.17, 15) is 0 Å². The molecule has 2 heteroatoms. The molecule has 0 unspecified atom stereocenters. The van der Waals surface area contributed by atoms with Gasteiger partial charge in [0.2, 0.25) is 0 Å². The molecule has 1 aromatic carbocycles. The summed E-state index contributed by atoms with van der Waals surface area (Å²) in [6, 6.07) is 6.33. The Hall–Kier alpha value is -1.02.